The van der Waals surface area contributed by atoms with E-state index in [2.05, 4.69) is 10.8 Å². The standard InChI is InChI=1S/C14H21NO3/c1-18-14(17)7-5-3-2-4-6-12-11(10-15)8-9-13(12)16/h11-12H,2-9H2,1H3. The maximum Gasteiger partial charge on any atom is 0.305 e. The molecule has 0 aromatic carbocycles. The van der Waals surface area contributed by atoms with Crippen LogP contribution in [0.1, 0.15) is 51.4 Å². The van der Waals surface area contributed by atoms with E-state index in [1.807, 2.05) is 0 Å². The van der Waals surface area contributed by atoms with Crippen LogP contribution in [-0.4, -0.2) is 18.9 Å². The van der Waals surface area contributed by atoms with Crippen LogP contribution in [0.15, 0.2) is 0 Å². The first-order chi connectivity index (χ1) is 8.69. The molecule has 1 saturated carbocycles. The minimum absolute atomic E-state index is 0.0318. The van der Waals surface area contributed by atoms with Gasteiger partial charge in [-0.1, -0.05) is 19.3 Å². The predicted molar refractivity (Wildman–Crippen MR) is 66.6 cm³/mol. The fourth-order valence-corrected chi connectivity index (χ4v) is 2.51. The number of Topliss-reactive ketones (excluding diaryl/α,β-unsaturated/α-hetero) is 1. The lowest BCUT2D eigenvalue weighted by Crippen LogP contribution is -2.13. The molecule has 1 aliphatic rings. The maximum atomic E-state index is 11.6. The fraction of sp³-hybridized carbons (Fsp3) is 0.786. The van der Waals surface area contributed by atoms with Crippen LogP contribution >= 0.6 is 0 Å². The molecule has 1 fully saturated rings. The Morgan fingerprint density at radius 2 is 2.11 bits per heavy atom. The van der Waals surface area contributed by atoms with Gasteiger partial charge in [0.25, 0.3) is 0 Å². The molecule has 1 aliphatic carbocycles. The van der Waals surface area contributed by atoms with Crippen LogP contribution in [0.3, 0.4) is 0 Å². The summed E-state index contributed by atoms with van der Waals surface area (Å²) >= 11 is 0. The molecular formula is C14H21NO3. The minimum Gasteiger partial charge on any atom is -0.469 e. The largest absolute Gasteiger partial charge is 0.469 e. The number of hydrogen-bond acceptors (Lipinski definition) is 4. The van der Waals surface area contributed by atoms with E-state index in [9.17, 15) is 9.59 Å². The van der Waals surface area contributed by atoms with E-state index in [1.54, 1.807) is 0 Å². The summed E-state index contributed by atoms with van der Waals surface area (Å²) in [4.78, 5) is 22.5. The van der Waals surface area contributed by atoms with Gasteiger partial charge in [-0.15, -0.1) is 0 Å². The maximum absolute atomic E-state index is 11.6. The van der Waals surface area contributed by atoms with Gasteiger partial charge in [-0.05, 0) is 19.3 Å². The number of unbranched alkanes of at least 4 members (excludes halogenated alkanes) is 3. The van der Waals surface area contributed by atoms with Crippen LogP contribution in [0.4, 0.5) is 0 Å². The van der Waals surface area contributed by atoms with Crippen LogP contribution in [-0.2, 0) is 14.3 Å². The highest BCUT2D eigenvalue weighted by atomic mass is 16.5. The lowest BCUT2D eigenvalue weighted by atomic mass is 9.91. The van der Waals surface area contributed by atoms with Gasteiger partial charge in [0, 0.05) is 18.8 Å². The third-order valence-electron chi connectivity index (χ3n) is 3.64. The van der Waals surface area contributed by atoms with Crippen LogP contribution in [0.2, 0.25) is 0 Å². The summed E-state index contributed by atoms with van der Waals surface area (Å²) in [6.07, 6.45) is 6.41. The summed E-state index contributed by atoms with van der Waals surface area (Å²) < 4.78 is 4.56. The van der Waals surface area contributed by atoms with Crippen molar-refractivity contribution in [1.29, 1.82) is 5.26 Å². The number of rotatable bonds is 7. The number of nitrogens with zero attached hydrogens (tertiary/aromatic N) is 1. The Kier molecular flexibility index (Phi) is 6.42. The van der Waals surface area contributed by atoms with E-state index >= 15 is 0 Å². The van der Waals surface area contributed by atoms with Gasteiger partial charge in [0.2, 0.25) is 0 Å². The molecule has 4 heteroatoms. The molecule has 18 heavy (non-hydrogen) atoms. The number of hydrogen-bond donors (Lipinski definition) is 0. The van der Waals surface area contributed by atoms with Gasteiger partial charge in [0.05, 0.1) is 19.1 Å². The molecule has 0 aromatic rings. The topological polar surface area (TPSA) is 67.2 Å². The molecule has 0 aliphatic heterocycles. The first-order valence-electron chi connectivity index (χ1n) is 6.68. The number of methoxy groups -OCH3 is 1. The Bertz CT molecular complexity index is 332. The van der Waals surface area contributed by atoms with Crippen LogP contribution < -0.4 is 0 Å². The number of nitriles is 1. The summed E-state index contributed by atoms with van der Waals surface area (Å²) in [5.74, 6) is 0.00445. The van der Waals surface area contributed by atoms with E-state index in [4.69, 9.17) is 5.26 Å². The molecule has 4 nitrogen and oxygen atoms in total. The average Bonchev–Trinajstić information content (AvgIpc) is 2.74. The quantitative estimate of drug-likeness (QED) is 0.515. The highest BCUT2D eigenvalue weighted by Gasteiger charge is 2.33. The van der Waals surface area contributed by atoms with E-state index in [0.717, 1.165) is 38.5 Å². The van der Waals surface area contributed by atoms with Crippen LogP contribution in [0.25, 0.3) is 0 Å². The molecule has 1 rings (SSSR count). The van der Waals surface area contributed by atoms with Crippen molar-refractivity contribution in [3.05, 3.63) is 0 Å². The van der Waals surface area contributed by atoms with Crippen LogP contribution in [0.5, 0.6) is 0 Å². The van der Waals surface area contributed by atoms with Crippen LogP contribution in [0, 0.1) is 23.2 Å². The Labute approximate surface area is 108 Å². The highest BCUT2D eigenvalue weighted by Crippen LogP contribution is 2.32. The highest BCUT2D eigenvalue weighted by molar-refractivity contribution is 5.83. The van der Waals surface area contributed by atoms with E-state index in [1.165, 1.54) is 7.11 Å². The molecule has 0 radical (unpaired) electrons. The molecule has 100 valence electrons. The normalized spacial score (nSPS) is 22.8. The lowest BCUT2D eigenvalue weighted by molar-refractivity contribution is -0.140. The third-order valence-corrected chi connectivity index (χ3v) is 3.64. The van der Waals surface area contributed by atoms with Crippen molar-refractivity contribution < 1.29 is 14.3 Å². The van der Waals surface area contributed by atoms with Gasteiger partial charge in [0.15, 0.2) is 0 Å². The summed E-state index contributed by atoms with van der Waals surface area (Å²) in [6.45, 7) is 0. The predicted octanol–water partition coefficient (Wildman–Crippen LogP) is 2.62. The third kappa shape index (κ3) is 4.48. The van der Waals surface area contributed by atoms with Gasteiger partial charge < -0.3 is 4.74 Å². The van der Waals surface area contributed by atoms with E-state index < -0.39 is 0 Å². The molecule has 0 N–H and O–H groups in total. The second-order valence-electron chi connectivity index (χ2n) is 4.88. The lowest BCUT2D eigenvalue weighted by Gasteiger charge is -2.11. The first kappa shape index (κ1) is 14.7. The van der Waals surface area contributed by atoms with Gasteiger partial charge >= 0.3 is 5.97 Å². The number of carbonyl (C=O) groups excluding carboxylic acids is 2. The summed E-state index contributed by atoms with van der Waals surface area (Å²) in [6, 6.07) is 2.24. The van der Waals surface area contributed by atoms with Crippen molar-refractivity contribution >= 4 is 11.8 Å². The van der Waals surface area contributed by atoms with Crippen molar-refractivity contribution in [1.82, 2.24) is 0 Å². The Morgan fingerprint density at radius 3 is 2.78 bits per heavy atom. The van der Waals surface area contributed by atoms with Gasteiger partial charge in [-0.3, -0.25) is 9.59 Å². The Hall–Kier alpha value is -1.37. The first-order valence-corrected chi connectivity index (χ1v) is 6.68. The molecule has 0 spiro atoms. The molecular weight excluding hydrogens is 230 g/mol. The number of esters is 1. The molecule has 2 atom stereocenters. The molecule has 0 heterocycles. The van der Waals surface area contributed by atoms with Gasteiger partial charge in [-0.25, -0.2) is 0 Å². The zero-order valence-corrected chi connectivity index (χ0v) is 11.0. The Morgan fingerprint density at radius 1 is 1.39 bits per heavy atom. The van der Waals surface area contributed by atoms with Crippen molar-refractivity contribution in [2.45, 2.75) is 51.4 Å². The molecule has 0 bridgehead atoms. The fourth-order valence-electron chi connectivity index (χ4n) is 2.51. The number of ketones is 1. The van der Waals surface area contributed by atoms with Crippen molar-refractivity contribution in [3.8, 4) is 6.07 Å². The smallest absolute Gasteiger partial charge is 0.305 e. The molecule has 0 amide bonds. The van der Waals surface area contributed by atoms with Gasteiger partial charge in [0.1, 0.15) is 5.78 Å². The number of carbonyl (C=O) groups is 2. The Balaban J connectivity index is 2.09. The second kappa shape index (κ2) is 7.86. The van der Waals surface area contributed by atoms with Crippen molar-refractivity contribution in [3.63, 3.8) is 0 Å². The summed E-state index contributed by atoms with van der Waals surface area (Å²) in [5.41, 5.74) is 0. The zero-order chi connectivity index (χ0) is 13.4. The second-order valence-corrected chi connectivity index (χ2v) is 4.88. The zero-order valence-electron chi connectivity index (χ0n) is 11.0. The van der Waals surface area contributed by atoms with Crippen molar-refractivity contribution in [2.24, 2.45) is 11.8 Å². The minimum atomic E-state index is -0.162. The number of ether oxygens (including phenoxy) is 1. The average molecular weight is 251 g/mol. The SMILES string of the molecule is COC(=O)CCCCCCC1C(=O)CCC1C#N. The molecule has 0 aromatic heterocycles. The van der Waals surface area contributed by atoms with Gasteiger partial charge in [-0.2, -0.15) is 5.26 Å². The summed E-state index contributed by atoms with van der Waals surface area (Å²) in [5, 5.41) is 8.93. The monoisotopic (exact) mass is 251 g/mol. The summed E-state index contributed by atoms with van der Waals surface area (Å²) in [7, 11) is 1.40. The van der Waals surface area contributed by atoms with E-state index in [0.29, 0.717) is 12.8 Å². The molecule has 2 unspecified atom stereocenters. The van der Waals surface area contributed by atoms with Crippen molar-refractivity contribution in [2.75, 3.05) is 7.11 Å². The molecule has 0 saturated heterocycles. The van der Waals surface area contributed by atoms with E-state index in [-0.39, 0.29) is 23.6 Å².